The number of hydrogen-bond acceptors (Lipinski definition) is 4. The summed E-state index contributed by atoms with van der Waals surface area (Å²) >= 11 is 1.45. The molecule has 1 aromatic carbocycles. The Morgan fingerprint density at radius 1 is 1.55 bits per heavy atom. The fourth-order valence-electron chi connectivity index (χ4n) is 1.73. The van der Waals surface area contributed by atoms with Crippen LogP contribution in [0.5, 0.6) is 0 Å². The number of hydrogen-bond donors (Lipinski definition) is 3. The van der Waals surface area contributed by atoms with Crippen LogP contribution in [-0.4, -0.2) is 30.9 Å². The molecule has 22 heavy (non-hydrogen) atoms. The molecule has 116 valence electrons. The van der Waals surface area contributed by atoms with Gasteiger partial charge in [-0.05, 0) is 18.6 Å². The topological polar surface area (TPSA) is 90.4 Å². The van der Waals surface area contributed by atoms with Crippen molar-refractivity contribution in [1.29, 1.82) is 5.41 Å². The van der Waals surface area contributed by atoms with E-state index < -0.39 is 0 Å². The summed E-state index contributed by atoms with van der Waals surface area (Å²) in [5.41, 5.74) is 8.18. The molecule has 0 aliphatic rings. The van der Waals surface area contributed by atoms with Gasteiger partial charge in [-0.1, -0.05) is 19.1 Å². The van der Waals surface area contributed by atoms with Crippen molar-refractivity contribution in [1.82, 2.24) is 10.3 Å². The Balaban J connectivity index is 2.16. The highest BCUT2D eigenvalue weighted by Gasteiger charge is 2.10. The molecule has 0 spiro atoms. The number of aromatic nitrogens is 1. The predicted octanol–water partition coefficient (Wildman–Crippen LogP) is 2.80. The summed E-state index contributed by atoms with van der Waals surface area (Å²) in [4.78, 5) is 10.4. The maximum atomic E-state index is 7.44. The molecule has 0 unspecified atom stereocenters. The lowest BCUT2D eigenvalue weighted by Gasteiger charge is -2.11. The predicted molar refractivity (Wildman–Crippen MR) is 94.3 cm³/mol. The maximum absolute atomic E-state index is 7.44. The van der Waals surface area contributed by atoms with Crippen molar-refractivity contribution in [2.45, 2.75) is 13.3 Å². The van der Waals surface area contributed by atoms with E-state index in [2.05, 4.69) is 22.2 Å². The van der Waals surface area contributed by atoms with Crippen LogP contribution in [0.1, 0.15) is 13.3 Å². The van der Waals surface area contributed by atoms with Crippen molar-refractivity contribution in [3.63, 3.8) is 0 Å². The monoisotopic (exact) mass is 316 g/mol. The van der Waals surface area contributed by atoms with Crippen molar-refractivity contribution in [2.24, 2.45) is 10.7 Å². The van der Waals surface area contributed by atoms with Gasteiger partial charge in [-0.3, -0.25) is 10.3 Å². The van der Waals surface area contributed by atoms with Crippen LogP contribution in [0.2, 0.25) is 0 Å². The molecule has 1 heterocycles. The first-order valence-electron chi connectivity index (χ1n) is 7.01. The quantitative estimate of drug-likeness (QED) is 0.434. The molecule has 0 fully saturated rings. The Bertz CT molecular complexity index is 664. The van der Waals surface area contributed by atoms with Crippen molar-refractivity contribution >= 4 is 34.5 Å². The van der Waals surface area contributed by atoms with Gasteiger partial charge in [0.05, 0.1) is 17.7 Å². The summed E-state index contributed by atoms with van der Waals surface area (Å²) < 4.78 is 0. The number of aliphatic imine (C=N–C) groups is 1. The third-order valence-electron chi connectivity index (χ3n) is 2.98. The zero-order chi connectivity index (χ0) is 15.9. The number of benzene rings is 1. The molecule has 0 amide bonds. The molecule has 1 aromatic heterocycles. The molecule has 0 radical (unpaired) electrons. The van der Waals surface area contributed by atoms with Gasteiger partial charge in [0.15, 0.2) is 11.1 Å². The third-order valence-corrected chi connectivity index (χ3v) is 3.90. The molecule has 2 rings (SSSR count). The highest BCUT2D eigenvalue weighted by Crippen LogP contribution is 2.28. The van der Waals surface area contributed by atoms with Crippen LogP contribution in [0.25, 0.3) is 11.3 Å². The van der Waals surface area contributed by atoms with E-state index >= 15 is 0 Å². The van der Waals surface area contributed by atoms with Crippen LogP contribution < -0.4 is 16.0 Å². The largest absolute Gasteiger partial charge is 0.376 e. The standard InChI is InChI=1S/C15H20N6S/c1-3-7-18-10-19-12-6-4-5-11(8-12)13-9-22-15(20-13)21(2)14(16)17/h4-6,8-10H,3,7H2,1-2H3,(H3,16,17)(H,18,19). The Kier molecular flexibility index (Phi) is 5.48. The Hall–Kier alpha value is -2.41. The van der Waals surface area contributed by atoms with E-state index in [4.69, 9.17) is 11.1 Å². The molecule has 7 heteroatoms. The molecule has 0 bridgehead atoms. The van der Waals surface area contributed by atoms with Gasteiger partial charge in [-0.25, -0.2) is 9.98 Å². The van der Waals surface area contributed by atoms with Gasteiger partial charge in [0.1, 0.15) is 0 Å². The molecular weight excluding hydrogens is 296 g/mol. The number of anilines is 1. The zero-order valence-corrected chi connectivity index (χ0v) is 13.5. The van der Waals surface area contributed by atoms with Crippen LogP contribution in [0.4, 0.5) is 10.8 Å². The minimum atomic E-state index is -0.0266. The first-order valence-corrected chi connectivity index (χ1v) is 7.89. The minimum Gasteiger partial charge on any atom is -0.376 e. The van der Waals surface area contributed by atoms with Crippen molar-refractivity contribution < 1.29 is 0 Å². The van der Waals surface area contributed by atoms with Gasteiger partial charge >= 0.3 is 0 Å². The van der Waals surface area contributed by atoms with Gasteiger partial charge in [-0.2, -0.15) is 0 Å². The first kappa shape index (κ1) is 16.0. The Morgan fingerprint density at radius 3 is 3.09 bits per heavy atom. The third kappa shape index (κ3) is 4.05. The normalized spacial score (nSPS) is 10.8. The molecule has 2 aromatic rings. The summed E-state index contributed by atoms with van der Waals surface area (Å²) in [5, 5.41) is 13.2. The molecule has 0 atom stereocenters. The van der Waals surface area contributed by atoms with E-state index in [1.165, 1.54) is 11.3 Å². The summed E-state index contributed by atoms with van der Waals surface area (Å²) in [7, 11) is 1.73. The van der Waals surface area contributed by atoms with Crippen LogP contribution in [0.3, 0.4) is 0 Å². The van der Waals surface area contributed by atoms with Gasteiger partial charge < -0.3 is 11.1 Å². The van der Waals surface area contributed by atoms with Crippen LogP contribution in [0.15, 0.2) is 34.6 Å². The number of nitrogens with two attached hydrogens (primary N) is 1. The molecule has 0 aliphatic carbocycles. The average Bonchev–Trinajstić information content (AvgIpc) is 3.01. The highest BCUT2D eigenvalue weighted by atomic mass is 32.1. The maximum Gasteiger partial charge on any atom is 0.194 e. The second kappa shape index (κ2) is 7.56. The second-order valence-corrected chi connectivity index (χ2v) is 5.56. The molecule has 0 saturated heterocycles. The average molecular weight is 316 g/mol. The van der Waals surface area contributed by atoms with E-state index in [0.717, 1.165) is 29.9 Å². The van der Waals surface area contributed by atoms with Gasteiger partial charge in [0.25, 0.3) is 0 Å². The lowest BCUT2D eigenvalue weighted by atomic mass is 10.1. The molecule has 6 nitrogen and oxygen atoms in total. The van der Waals surface area contributed by atoms with Gasteiger partial charge in [-0.15, -0.1) is 11.3 Å². The fourth-order valence-corrected chi connectivity index (χ4v) is 2.54. The van der Waals surface area contributed by atoms with Gasteiger partial charge in [0.2, 0.25) is 0 Å². The zero-order valence-electron chi connectivity index (χ0n) is 12.7. The van der Waals surface area contributed by atoms with Crippen LogP contribution in [-0.2, 0) is 0 Å². The lowest BCUT2D eigenvalue weighted by Crippen LogP contribution is -2.32. The molecule has 4 N–H and O–H groups in total. The van der Waals surface area contributed by atoms with E-state index in [-0.39, 0.29) is 5.96 Å². The number of rotatable bonds is 6. The summed E-state index contributed by atoms with van der Waals surface area (Å²) in [5.74, 6) is -0.0266. The highest BCUT2D eigenvalue weighted by molar-refractivity contribution is 7.14. The minimum absolute atomic E-state index is 0.0266. The lowest BCUT2D eigenvalue weighted by molar-refractivity contribution is 0.851. The molecule has 0 saturated carbocycles. The Labute approximate surface area is 134 Å². The van der Waals surface area contributed by atoms with E-state index in [9.17, 15) is 0 Å². The van der Waals surface area contributed by atoms with Crippen molar-refractivity contribution in [3.05, 3.63) is 29.6 Å². The van der Waals surface area contributed by atoms with Crippen molar-refractivity contribution in [3.8, 4) is 11.3 Å². The summed E-state index contributed by atoms with van der Waals surface area (Å²) in [6.07, 6.45) is 2.79. The Morgan fingerprint density at radius 2 is 2.36 bits per heavy atom. The smallest absolute Gasteiger partial charge is 0.194 e. The van der Waals surface area contributed by atoms with Gasteiger partial charge in [0, 0.05) is 24.5 Å². The summed E-state index contributed by atoms with van der Waals surface area (Å²) in [6.45, 7) is 3.02. The van der Waals surface area contributed by atoms with Crippen molar-refractivity contribution in [2.75, 3.05) is 18.5 Å². The van der Waals surface area contributed by atoms with E-state index in [1.54, 1.807) is 18.3 Å². The molecule has 0 aliphatic heterocycles. The molecular formula is C15H20N6S. The second-order valence-electron chi connectivity index (χ2n) is 4.72. The van der Waals surface area contributed by atoms with E-state index in [1.807, 2.05) is 29.6 Å². The fraction of sp³-hybridized carbons (Fsp3) is 0.267. The summed E-state index contributed by atoms with van der Waals surface area (Å²) in [6, 6.07) is 7.87. The SMILES string of the molecule is CCCNC=Nc1cccc(-c2csc(N(C)C(=N)N)n2)c1. The number of nitrogens with one attached hydrogen (secondary N) is 2. The number of thiazole rings is 1. The number of nitrogens with zero attached hydrogens (tertiary/aromatic N) is 3. The van der Waals surface area contributed by atoms with Crippen LogP contribution in [0, 0.1) is 5.41 Å². The van der Waals surface area contributed by atoms with Crippen LogP contribution >= 0.6 is 11.3 Å². The first-order chi connectivity index (χ1) is 10.6. The van der Waals surface area contributed by atoms with E-state index in [0.29, 0.717) is 5.13 Å². The number of guanidine groups is 1.